The van der Waals surface area contributed by atoms with Gasteiger partial charge in [0.05, 0.1) is 25.5 Å². The van der Waals surface area contributed by atoms with Crippen LogP contribution in [0.1, 0.15) is 36.3 Å². The maximum absolute atomic E-state index is 12.8. The van der Waals surface area contributed by atoms with Gasteiger partial charge in [-0.2, -0.15) is 0 Å². The Balaban J connectivity index is 1.71. The molecule has 2 bridgehead atoms. The molecule has 0 radical (unpaired) electrons. The normalized spacial score (nSPS) is 19.4. The van der Waals surface area contributed by atoms with E-state index in [1.807, 2.05) is 20.2 Å². The Morgan fingerprint density at radius 3 is 2.61 bits per heavy atom. The number of carbonyl (C=O) groups is 2. The molecule has 2 aromatic rings. The quantitative estimate of drug-likeness (QED) is 0.652. The highest BCUT2D eigenvalue weighted by atomic mass is 16.5. The summed E-state index contributed by atoms with van der Waals surface area (Å²) >= 11 is 0. The molecule has 192 valence electrons. The van der Waals surface area contributed by atoms with Gasteiger partial charge in [0.2, 0.25) is 11.8 Å². The minimum atomic E-state index is -0.644. The number of rotatable bonds is 2. The van der Waals surface area contributed by atoms with E-state index in [1.165, 1.54) is 6.33 Å². The highest BCUT2D eigenvalue weighted by Crippen LogP contribution is 2.38. The van der Waals surface area contributed by atoms with Crippen LogP contribution in [0.2, 0.25) is 0 Å². The smallest absolute Gasteiger partial charge is 0.238 e. The van der Waals surface area contributed by atoms with Crippen LogP contribution >= 0.6 is 0 Å². The molecule has 0 spiro atoms. The van der Waals surface area contributed by atoms with E-state index in [0.717, 1.165) is 24.9 Å². The van der Waals surface area contributed by atoms with Gasteiger partial charge in [0.25, 0.3) is 0 Å². The van der Waals surface area contributed by atoms with Crippen LogP contribution in [0, 0.1) is 0 Å². The summed E-state index contributed by atoms with van der Waals surface area (Å²) in [5.41, 5.74) is 2.20. The van der Waals surface area contributed by atoms with E-state index < -0.39 is 5.92 Å². The van der Waals surface area contributed by atoms with Crippen LogP contribution in [0.25, 0.3) is 0 Å². The van der Waals surface area contributed by atoms with Gasteiger partial charge in [-0.1, -0.05) is 0 Å². The first kappa shape index (κ1) is 25.4. The number of hydrogen-bond donors (Lipinski definition) is 2. The van der Waals surface area contributed by atoms with Crippen LogP contribution in [-0.2, 0) is 16.1 Å². The Bertz CT molecular complexity index is 1150. The van der Waals surface area contributed by atoms with Crippen molar-refractivity contribution in [3.05, 3.63) is 29.6 Å². The minimum absolute atomic E-state index is 0.119. The number of nitrogens with one attached hydrogen (secondary N) is 2. The molecule has 2 amide bonds. The first-order valence-corrected chi connectivity index (χ1v) is 12.0. The summed E-state index contributed by atoms with van der Waals surface area (Å²) in [6, 6.07) is 3.71. The lowest BCUT2D eigenvalue weighted by Gasteiger charge is -2.21. The molecule has 2 aliphatic rings. The summed E-state index contributed by atoms with van der Waals surface area (Å²) in [7, 11) is 7.02. The molecule has 1 aromatic carbocycles. The van der Waals surface area contributed by atoms with Crippen LogP contribution in [0.5, 0.6) is 11.5 Å². The van der Waals surface area contributed by atoms with Gasteiger partial charge in [-0.05, 0) is 32.5 Å². The van der Waals surface area contributed by atoms with Crippen LogP contribution in [0.4, 0.5) is 17.3 Å². The number of carbonyl (C=O) groups excluding carboxylic acids is 2. The molecule has 1 aromatic heterocycles. The number of hydrogen-bond acceptors (Lipinski definition) is 9. The van der Waals surface area contributed by atoms with Gasteiger partial charge in [0.1, 0.15) is 23.9 Å². The van der Waals surface area contributed by atoms with Crippen molar-refractivity contribution in [2.45, 2.75) is 31.7 Å². The van der Waals surface area contributed by atoms with Crippen molar-refractivity contribution < 1.29 is 19.1 Å². The van der Waals surface area contributed by atoms with E-state index in [1.54, 1.807) is 31.4 Å². The van der Waals surface area contributed by atoms with Gasteiger partial charge < -0.3 is 29.9 Å². The second kappa shape index (κ2) is 11.3. The molecule has 11 nitrogen and oxygen atoms in total. The number of amides is 2. The highest BCUT2D eigenvalue weighted by molar-refractivity contribution is 6.13. The molecule has 1 unspecified atom stereocenters. The topological polar surface area (TPSA) is 121 Å². The second-order valence-corrected chi connectivity index (χ2v) is 9.01. The maximum atomic E-state index is 12.8. The Morgan fingerprint density at radius 2 is 1.83 bits per heavy atom. The summed E-state index contributed by atoms with van der Waals surface area (Å²) in [6.07, 6.45) is 5.01. The fraction of sp³-hybridized carbons (Fsp3) is 0.480. The Kier molecular flexibility index (Phi) is 7.99. The second-order valence-electron chi connectivity index (χ2n) is 9.01. The number of methoxy groups -OCH3 is 2. The predicted molar refractivity (Wildman–Crippen MR) is 137 cm³/mol. The molecule has 4 rings (SSSR count). The highest BCUT2D eigenvalue weighted by Gasteiger charge is 2.33. The lowest BCUT2D eigenvalue weighted by Crippen LogP contribution is -2.29. The molecule has 0 saturated heterocycles. The number of nitrogens with zero attached hydrogens (tertiary/aromatic N) is 5. The van der Waals surface area contributed by atoms with Crippen molar-refractivity contribution in [1.82, 2.24) is 19.8 Å². The first-order chi connectivity index (χ1) is 17.4. The van der Waals surface area contributed by atoms with E-state index in [2.05, 4.69) is 30.5 Å². The summed E-state index contributed by atoms with van der Waals surface area (Å²) in [4.78, 5) is 42.5. The SMILES string of the molecule is COc1cc2cc(c1OC)CN(C)CCCC(=O)N(C)CCCNc1ncnc3c1C(C=N2)C(=O)N3. The number of ether oxygens (including phenoxy) is 2. The summed E-state index contributed by atoms with van der Waals surface area (Å²) in [5, 5.41) is 6.12. The van der Waals surface area contributed by atoms with Crippen molar-refractivity contribution in [3.8, 4) is 11.5 Å². The number of aromatic nitrogens is 2. The average Bonchev–Trinajstić information content (AvgIpc) is 3.19. The molecule has 0 fully saturated rings. The fourth-order valence-corrected chi connectivity index (χ4v) is 4.49. The molecule has 3 heterocycles. The van der Waals surface area contributed by atoms with Gasteiger partial charge >= 0.3 is 0 Å². The monoisotopic (exact) mass is 495 g/mol. The van der Waals surface area contributed by atoms with Crippen LogP contribution in [0.15, 0.2) is 23.5 Å². The average molecular weight is 496 g/mol. The van der Waals surface area contributed by atoms with Crippen LogP contribution < -0.4 is 20.1 Å². The number of benzene rings is 1. The predicted octanol–water partition coefficient (Wildman–Crippen LogP) is 2.42. The molecule has 11 heteroatoms. The molecular weight excluding hydrogens is 462 g/mol. The largest absolute Gasteiger partial charge is 0.493 e. The fourth-order valence-electron chi connectivity index (χ4n) is 4.49. The first-order valence-electron chi connectivity index (χ1n) is 12.0. The lowest BCUT2D eigenvalue weighted by molar-refractivity contribution is -0.130. The third-order valence-corrected chi connectivity index (χ3v) is 6.39. The van der Waals surface area contributed by atoms with E-state index in [9.17, 15) is 9.59 Å². The Morgan fingerprint density at radius 1 is 1.03 bits per heavy atom. The molecule has 2 aliphatic heterocycles. The van der Waals surface area contributed by atoms with E-state index in [-0.39, 0.29) is 11.8 Å². The summed E-state index contributed by atoms with van der Waals surface area (Å²) in [5.74, 6) is 1.50. The third kappa shape index (κ3) is 5.56. The van der Waals surface area contributed by atoms with E-state index in [4.69, 9.17) is 9.47 Å². The van der Waals surface area contributed by atoms with Crippen LogP contribution in [-0.4, -0.2) is 85.7 Å². The molecular formula is C25H33N7O4. The number of anilines is 2. The van der Waals surface area contributed by atoms with Crippen molar-refractivity contribution in [1.29, 1.82) is 0 Å². The van der Waals surface area contributed by atoms with E-state index >= 15 is 0 Å². The van der Waals surface area contributed by atoms with Crippen molar-refractivity contribution in [2.75, 3.05) is 58.6 Å². The maximum Gasteiger partial charge on any atom is 0.238 e. The van der Waals surface area contributed by atoms with Gasteiger partial charge in [0.15, 0.2) is 11.5 Å². The van der Waals surface area contributed by atoms with Crippen LogP contribution in [0.3, 0.4) is 0 Å². The van der Waals surface area contributed by atoms with Gasteiger partial charge in [0, 0.05) is 50.9 Å². The lowest BCUT2D eigenvalue weighted by atomic mass is 10.0. The third-order valence-electron chi connectivity index (χ3n) is 6.39. The van der Waals surface area contributed by atoms with E-state index in [0.29, 0.717) is 60.4 Å². The summed E-state index contributed by atoms with van der Waals surface area (Å²) < 4.78 is 11.2. The van der Waals surface area contributed by atoms with Gasteiger partial charge in [-0.25, -0.2) is 9.97 Å². The standard InChI is InChI=1S/C25H33N7O4/c1-31-9-5-7-20(33)32(2)10-6-8-26-23-21-18(25(34)30-24(21)29-15-28-23)13-27-17-11-16(14-31)22(36-4)19(12-17)35-3/h11-13,15,18H,5-10,14H2,1-4H3,(H2,26,28,29,30,34). The Labute approximate surface area is 210 Å². The molecule has 36 heavy (non-hydrogen) atoms. The zero-order chi connectivity index (χ0) is 25.7. The van der Waals surface area contributed by atoms with Gasteiger partial charge in [-0.15, -0.1) is 0 Å². The molecule has 1 atom stereocenters. The number of aliphatic imine (C=N–C) groups is 1. The van der Waals surface area contributed by atoms with Crippen molar-refractivity contribution >= 4 is 35.4 Å². The molecule has 0 saturated carbocycles. The van der Waals surface area contributed by atoms with Crippen molar-refractivity contribution in [2.24, 2.45) is 4.99 Å². The Hall–Kier alpha value is -3.73. The van der Waals surface area contributed by atoms with Gasteiger partial charge in [-0.3, -0.25) is 14.6 Å². The van der Waals surface area contributed by atoms with Crippen molar-refractivity contribution in [3.63, 3.8) is 0 Å². The zero-order valence-electron chi connectivity index (χ0n) is 21.2. The minimum Gasteiger partial charge on any atom is -0.493 e. The molecule has 2 N–H and O–H groups in total. The zero-order valence-corrected chi connectivity index (χ0v) is 21.2. The summed E-state index contributed by atoms with van der Waals surface area (Å²) in [6.45, 7) is 2.56. The number of fused-ring (bicyclic) bond motifs is 2. The molecule has 0 aliphatic carbocycles.